The average Bonchev–Trinajstić information content (AvgIpc) is 2.36. The molecule has 0 saturated heterocycles. The Labute approximate surface area is 110 Å². The molecule has 0 aliphatic heterocycles. The maximum atomic E-state index is 11.9. The molecule has 0 aromatic rings. The molecule has 4 heteroatoms. The molecule has 4 nitrogen and oxygen atoms in total. The largest absolute Gasteiger partial charge is 0.385 e. The minimum absolute atomic E-state index is 0.171. The summed E-state index contributed by atoms with van der Waals surface area (Å²) in [5.74, 6) is 0.272. The first-order valence-electron chi connectivity index (χ1n) is 6.29. The van der Waals surface area contributed by atoms with E-state index in [2.05, 4.69) is 17.6 Å². The van der Waals surface area contributed by atoms with Crippen LogP contribution in [0.3, 0.4) is 0 Å². The molecule has 0 aliphatic rings. The van der Waals surface area contributed by atoms with E-state index in [0.29, 0.717) is 11.4 Å². The zero-order chi connectivity index (χ0) is 14.1. The van der Waals surface area contributed by atoms with E-state index >= 15 is 0 Å². The number of nitrogens with two attached hydrogens (primary N) is 1. The molecule has 0 fully saturated rings. The lowest BCUT2D eigenvalue weighted by Crippen LogP contribution is -2.30. The van der Waals surface area contributed by atoms with Crippen LogP contribution in [-0.2, 0) is 4.79 Å². The van der Waals surface area contributed by atoms with Crippen LogP contribution in [0.2, 0.25) is 0 Å². The maximum Gasteiger partial charge on any atom is 0.254 e. The average molecular weight is 251 g/mol. The van der Waals surface area contributed by atoms with E-state index in [0.717, 1.165) is 24.1 Å². The highest BCUT2D eigenvalue weighted by atomic mass is 16.1. The summed E-state index contributed by atoms with van der Waals surface area (Å²) in [4.78, 5) is 11.9. The number of carbonyl (C=O) groups is 1. The van der Waals surface area contributed by atoms with Crippen molar-refractivity contribution in [3.8, 4) is 0 Å². The van der Waals surface area contributed by atoms with Crippen molar-refractivity contribution in [3.05, 3.63) is 34.9 Å². The van der Waals surface area contributed by atoms with Gasteiger partial charge >= 0.3 is 0 Å². The third kappa shape index (κ3) is 5.57. The Balaban J connectivity index is 4.68. The van der Waals surface area contributed by atoms with Gasteiger partial charge in [-0.25, -0.2) is 0 Å². The molecule has 0 bridgehead atoms. The van der Waals surface area contributed by atoms with Crippen molar-refractivity contribution < 1.29 is 4.79 Å². The van der Waals surface area contributed by atoms with Crippen LogP contribution in [0.5, 0.6) is 0 Å². The van der Waals surface area contributed by atoms with Gasteiger partial charge in [-0.3, -0.25) is 4.79 Å². The lowest BCUT2D eigenvalue weighted by atomic mass is 10.2. The number of nitrogens with one attached hydrogen (secondary N) is 2. The molecular formula is C14H25N3O. The highest BCUT2D eigenvalue weighted by Crippen LogP contribution is 2.04. The quantitative estimate of drug-likeness (QED) is 0.635. The van der Waals surface area contributed by atoms with Crippen molar-refractivity contribution in [2.45, 2.75) is 47.5 Å². The molecule has 102 valence electrons. The first kappa shape index (κ1) is 16.3. The summed E-state index contributed by atoms with van der Waals surface area (Å²) in [5, 5.41) is 5.76. The van der Waals surface area contributed by atoms with Crippen LogP contribution in [0.4, 0.5) is 0 Å². The van der Waals surface area contributed by atoms with Crippen molar-refractivity contribution in [1.82, 2.24) is 10.6 Å². The van der Waals surface area contributed by atoms with Crippen LogP contribution >= 0.6 is 0 Å². The third-order valence-corrected chi connectivity index (χ3v) is 2.79. The van der Waals surface area contributed by atoms with Gasteiger partial charge in [0.2, 0.25) is 0 Å². The predicted octanol–water partition coefficient (Wildman–Crippen LogP) is 2.51. The molecule has 0 atom stereocenters. The molecule has 0 heterocycles. The standard InChI is InChI=1S/C14H25N3O/c1-6-8-9-16-12(5)11(4)14(18)17-13(15)10(3)7-2/h8-9,16H,6-7,15H2,1-5H3,(H,17,18)/b9-8+,12-11+,13-10+. The van der Waals surface area contributed by atoms with Crippen molar-refractivity contribution in [1.29, 1.82) is 0 Å². The lowest BCUT2D eigenvalue weighted by Gasteiger charge is -2.11. The maximum absolute atomic E-state index is 11.9. The topological polar surface area (TPSA) is 67.2 Å². The minimum atomic E-state index is -0.171. The Hall–Kier alpha value is -1.71. The molecule has 0 aromatic carbocycles. The van der Waals surface area contributed by atoms with E-state index in [9.17, 15) is 4.79 Å². The van der Waals surface area contributed by atoms with Crippen LogP contribution in [0, 0.1) is 0 Å². The van der Waals surface area contributed by atoms with Crippen LogP contribution < -0.4 is 16.4 Å². The summed E-state index contributed by atoms with van der Waals surface area (Å²) in [6.45, 7) is 9.59. The highest BCUT2D eigenvalue weighted by Gasteiger charge is 2.08. The van der Waals surface area contributed by atoms with Crippen molar-refractivity contribution in [3.63, 3.8) is 0 Å². The Kier molecular flexibility index (Phi) is 7.59. The van der Waals surface area contributed by atoms with Crippen molar-refractivity contribution >= 4 is 5.91 Å². The molecule has 18 heavy (non-hydrogen) atoms. The molecule has 4 N–H and O–H groups in total. The van der Waals surface area contributed by atoms with Gasteiger partial charge in [0, 0.05) is 11.3 Å². The molecule has 1 amide bonds. The van der Waals surface area contributed by atoms with Crippen molar-refractivity contribution in [2.24, 2.45) is 5.73 Å². The van der Waals surface area contributed by atoms with Crippen molar-refractivity contribution in [2.75, 3.05) is 0 Å². The Morgan fingerprint density at radius 2 is 1.83 bits per heavy atom. The molecular weight excluding hydrogens is 226 g/mol. The van der Waals surface area contributed by atoms with Gasteiger partial charge in [-0.05, 0) is 45.4 Å². The van der Waals surface area contributed by atoms with Gasteiger partial charge in [0.1, 0.15) is 5.82 Å². The van der Waals surface area contributed by atoms with Gasteiger partial charge < -0.3 is 16.4 Å². The lowest BCUT2D eigenvalue weighted by molar-refractivity contribution is -0.116. The highest BCUT2D eigenvalue weighted by molar-refractivity contribution is 5.94. The second kappa shape index (κ2) is 8.39. The van der Waals surface area contributed by atoms with Crippen LogP contribution in [0.1, 0.15) is 47.5 Å². The summed E-state index contributed by atoms with van der Waals surface area (Å²) in [6.07, 6.45) is 5.61. The van der Waals surface area contributed by atoms with E-state index in [1.54, 1.807) is 6.92 Å². The number of carbonyl (C=O) groups excluding carboxylic acids is 1. The van der Waals surface area contributed by atoms with E-state index in [1.807, 2.05) is 33.0 Å². The summed E-state index contributed by atoms with van der Waals surface area (Å²) in [6, 6.07) is 0. The van der Waals surface area contributed by atoms with Gasteiger partial charge in [-0.15, -0.1) is 0 Å². The van der Waals surface area contributed by atoms with Gasteiger partial charge in [-0.1, -0.05) is 19.9 Å². The Bertz CT molecular complexity index is 379. The van der Waals surface area contributed by atoms with E-state index in [1.165, 1.54) is 0 Å². The zero-order valence-electron chi connectivity index (χ0n) is 12.1. The fraction of sp³-hybridized carbons (Fsp3) is 0.500. The van der Waals surface area contributed by atoms with Gasteiger partial charge in [0.15, 0.2) is 0 Å². The molecule has 0 radical (unpaired) electrons. The predicted molar refractivity (Wildman–Crippen MR) is 76.3 cm³/mol. The summed E-state index contributed by atoms with van der Waals surface area (Å²) in [7, 11) is 0. The Morgan fingerprint density at radius 1 is 1.22 bits per heavy atom. The smallest absolute Gasteiger partial charge is 0.254 e. The minimum Gasteiger partial charge on any atom is -0.385 e. The first-order valence-corrected chi connectivity index (χ1v) is 6.29. The number of hydrogen-bond acceptors (Lipinski definition) is 3. The van der Waals surface area contributed by atoms with Gasteiger partial charge in [-0.2, -0.15) is 0 Å². The second-order valence-electron chi connectivity index (χ2n) is 4.21. The van der Waals surface area contributed by atoms with Crippen LogP contribution in [0.25, 0.3) is 0 Å². The number of allylic oxidation sites excluding steroid dienone is 3. The zero-order valence-corrected chi connectivity index (χ0v) is 12.1. The van der Waals surface area contributed by atoms with Crippen LogP contribution in [0.15, 0.2) is 34.9 Å². The number of hydrogen-bond donors (Lipinski definition) is 3. The fourth-order valence-corrected chi connectivity index (χ4v) is 1.09. The molecule has 0 aromatic heterocycles. The summed E-state index contributed by atoms with van der Waals surface area (Å²) >= 11 is 0. The van der Waals surface area contributed by atoms with Crippen LogP contribution in [-0.4, -0.2) is 5.91 Å². The van der Waals surface area contributed by atoms with Gasteiger partial charge in [0.05, 0.1) is 0 Å². The molecule has 0 rings (SSSR count). The summed E-state index contributed by atoms with van der Waals surface area (Å²) in [5.41, 5.74) is 8.20. The van der Waals surface area contributed by atoms with E-state index in [4.69, 9.17) is 5.73 Å². The number of amides is 1. The molecule has 0 saturated carbocycles. The number of rotatable bonds is 6. The van der Waals surface area contributed by atoms with Gasteiger partial charge in [0.25, 0.3) is 5.91 Å². The normalized spacial score (nSPS) is 14.1. The molecule has 0 aliphatic carbocycles. The SMILES string of the molecule is CC/C=C/N/C(C)=C(\C)C(=O)N/C(N)=C(\C)CC. The van der Waals surface area contributed by atoms with E-state index < -0.39 is 0 Å². The molecule has 0 unspecified atom stereocenters. The Morgan fingerprint density at radius 3 is 2.33 bits per heavy atom. The second-order valence-corrected chi connectivity index (χ2v) is 4.21. The first-order chi connectivity index (χ1) is 8.43. The van der Waals surface area contributed by atoms with E-state index in [-0.39, 0.29) is 5.91 Å². The molecule has 0 spiro atoms. The monoisotopic (exact) mass is 251 g/mol. The third-order valence-electron chi connectivity index (χ3n) is 2.79. The fourth-order valence-electron chi connectivity index (χ4n) is 1.09. The summed E-state index contributed by atoms with van der Waals surface area (Å²) < 4.78 is 0.